The van der Waals surface area contributed by atoms with Gasteiger partial charge in [0.05, 0.1) is 10.2 Å². The van der Waals surface area contributed by atoms with Crippen LogP contribution in [0, 0.1) is 20.8 Å². The number of benzene rings is 3. The lowest BCUT2D eigenvalue weighted by Crippen LogP contribution is -2.54. The average molecular weight is 597 g/mol. The first-order valence-corrected chi connectivity index (χ1v) is 12.7. The van der Waals surface area contributed by atoms with Crippen LogP contribution in [0.4, 0.5) is 16.2 Å². The van der Waals surface area contributed by atoms with Crippen LogP contribution in [0.15, 0.2) is 64.6 Å². The fraction of sp³-hybridized carbons (Fsp3) is 0.143. The standard InChI is InChI=1S/C28H23BrClN3O5/c1-15-7-9-19(11-16(15)2)31-25(34)14-38-24-10-8-18(13-21(24)29)12-20-26(35)32-28(37)33(27(20)36)23-6-4-5-22(30)17(23)3/h4-13H,14H2,1-3H3,(H,31,34)(H,32,35,37)/b20-12-. The average Bonchev–Trinajstić information content (AvgIpc) is 2.86. The molecule has 0 radical (unpaired) electrons. The molecule has 0 aliphatic carbocycles. The third-order valence-electron chi connectivity index (χ3n) is 6.00. The maximum absolute atomic E-state index is 13.2. The zero-order valence-corrected chi connectivity index (χ0v) is 23.1. The van der Waals surface area contributed by atoms with Gasteiger partial charge in [0.25, 0.3) is 17.7 Å². The minimum atomic E-state index is -0.855. The van der Waals surface area contributed by atoms with Crippen LogP contribution in [-0.4, -0.2) is 30.4 Å². The Morgan fingerprint density at radius 2 is 1.82 bits per heavy atom. The van der Waals surface area contributed by atoms with Crippen LogP contribution in [0.2, 0.25) is 5.02 Å². The number of urea groups is 1. The summed E-state index contributed by atoms with van der Waals surface area (Å²) >= 11 is 9.56. The molecule has 10 heteroatoms. The normalized spacial score (nSPS) is 14.5. The van der Waals surface area contributed by atoms with Crippen molar-refractivity contribution in [2.24, 2.45) is 0 Å². The van der Waals surface area contributed by atoms with Gasteiger partial charge < -0.3 is 10.1 Å². The van der Waals surface area contributed by atoms with Crippen molar-refractivity contribution in [3.8, 4) is 5.75 Å². The van der Waals surface area contributed by atoms with Crippen molar-refractivity contribution in [2.75, 3.05) is 16.8 Å². The van der Waals surface area contributed by atoms with Crippen molar-refractivity contribution in [3.63, 3.8) is 0 Å². The molecule has 0 aromatic heterocycles. The molecule has 8 nitrogen and oxygen atoms in total. The number of imide groups is 2. The second-order valence-corrected chi connectivity index (χ2v) is 9.93. The molecule has 1 fully saturated rings. The van der Waals surface area contributed by atoms with E-state index in [9.17, 15) is 19.2 Å². The summed E-state index contributed by atoms with van der Waals surface area (Å²) in [6.07, 6.45) is 1.37. The number of amides is 5. The summed E-state index contributed by atoms with van der Waals surface area (Å²) in [5.41, 5.74) is 3.95. The van der Waals surface area contributed by atoms with Gasteiger partial charge in [0.2, 0.25) is 0 Å². The van der Waals surface area contributed by atoms with Gasteiger partial charge in [-0.25, -0.2) is 9.69 Å². The molecule has 3 aromatic rings. The maximum atomic E-state index is 13.2. The van der Waals surface area contributed by atoms with Gasteiger partial charge in [0.15, 0.2) is 6.61 Å². The van der Waals surface area contributed by atoms with E-state index in [-0.39, 0.29) is 23.8 Å². The van der Waals surface area contributed by atoms with Crippen molar-refractivity contribution in [2.45, 2.75) is 20.8 Å². The number of barbiturate groups is 1. The Kier molecular flexibility index (Phi) is 7.99. The SMILES string of the molecule is Cc1ccc(NC(=O)COc2ccc(/C=C3/C(=O)NC(=O)N(c4cccc(Cl)c4C)C3=O)cc2Br)cc1C. The molecule has 3 aromatic carbocycles. The molecule has 0 unspecified atom stereocenters. The lowest BCUT2D eigenvalue weighted by Gasteiger charge is -2.27. The first kappa shape index (κ1) is 27.1. The summed E-state index contributed by atoms with van der Waals surface area (Å²) in [4.78, 5) is 51.4. The highest BCUT2D eigenvalue weighted by atomic mass is 79.9. The molecule has 1 heterocycles. The third-order valence-corrected chi connectivity index (χ3v) is 7.03. The molecule has 0 saturated carbocycles. The fourth-order valence-corrected chi connectivity index (χ4v) is 4.45. The molecule has 38 heavy (non-hydrogen) atoms. The van der Waals surface area contributed by atoms with E-state index in [0.29, 0.717) is 32.1 Å². The van der Waals surface area contributed by atoms with Gasteiger partial charge in [0, 0.05) is 10.7 Å². The predicted octanol–water partition coefficient (Wildman–Crippen LogP) is 5.71. The summed E-state index contributed by atoms with van der Waals surface area (Å²) in [7, 11) is 0. The molecule has 5 amide bonds. The van der Waals surface area contributed by atoms with Crippen molar-refractivity contribution in [3.05, 3.63) is 91.9 Å². The Hall–Kier alpha value is -3.95. The molecule has 194 valence electrons. The smallest absolute Gasteiger partial charge is 0.335 e. The Labute approximate surface area is 232 Å². The van der Waals surface area contributed by atoms with Gasteiger partial charge >= 0.3 is 6.03 Å². The number of nitrogens with one attached hydrogen (secondary N) is 2. The summed E-state index contributed by atoms with van der Waals surface area (Å²) < 4.78 is 6.14. The Balaban J connectivity index is 1.49. The van der Waals surface area contributed by atoms with Crippen molar-refractivity contribution >= 4 is 68.7 Å². The van der Waals surface area contributed by atoms with Gasteiger partial charge in [-0.15, -0.1) is 0 Å². The van der Waals surface area contributed by atoms with E-state index >= 15 is 0 Å². The van der Waals surface area contributed by atoms with Crippen LogP contribution >= 0.6 is 27.5 Å². The molecule has 0 atom stereocenters. The molecule has 4 rings (SSSR count). The Morgan fingerprint density at radius 1 is 1.05 bits per heavy atom. The van der Waals surface area contributed by atoms with Crippen LogP contribution in [0.5, 0.6) is 5.75 Å². The highest BCUT2D eigenvalue weighted by Gasteiger charge is 2.37. The van der Waals surface area contributed by atoms with Gasteiger partial charge in [-0.05, 0) is 101 Å². The van der Waals surface area contributed by atoms with Crippen molar-refractivity contribution in [1.82, 2.24) is 5.32 Å². The molecule has 0 spiro atoms. The number of nitrogens with zero attached hydrogens (tertiary/aromatic N) is 1. The summed E-state index contributed by atoms with van der Waals surface area (Å²) in [5.74, 6) is -1.51. The Bertz CT molecular complexity index is 1520. The first-order chi connectivity index (χ1) is 18.0. The largest absolute Gasteiger partial charge is 0.483 e. The summed E-state index contributed by atoms with van der Waals surface area (Å²) in [6.45, 7) is 5.42. The maximum Gasteiger partial charge on any atom is 0.335 e. The number of rotatable bonds is 6. The molecule has 2 N–H and O–H groups in total. The topological polar surface area (TPSA) is 105 Å². The fourth-order valence-electron chi connectivity index (χ4n) is 3.76. The number of halogens is 2. The number of hydrogen-bond donors (Lipinski definition) is 2. The van der Waals surface area contributed by atoms with Gasteiger partial charge in [-0.1, -0.05) is 29.8 Å². The monoisotopic (exact) mass is 595 g/mol. The minimum absolute atomic E-state index is 0.219. The molecule has 1 aliphatic rings. The Morgan fingerprint density at radius 3 is 2.53 bits per heavy atom. The highest BCUT2D eigenvalue weighted by Crippen LogP contribution is 2.31. The van der Waals surface area contributed by atoms with E-state index in [1.54, 1.807) is 43.3 Å². The van der Waals surface area contributed by atoms with Crippen LogP contribution < -0.4 is 20.3 Å². The van der Waals surface area contributed by atoms with Crippen LogP contribution in [0.3, 0.4) is 0 Å². The van der Waals surface area contributed by atoms with Crippen LogP contribution in [0.25, 0.3) is 6.08 Å². The number of carbonyl (C=O) groups is 4. The lowest BCUT2D eigenvalue weighted by molar-refractivity contribution is -0.122. The zero-order valence-electron chi connectivity index (χ0n) is 20.7. The number of hydrogen-bond acceptors (Lipinski definition) is 5. The predicted molar refractivity (Wildman–Crippen MR) is 149 cm³/mol. The first-order valence-electron chi connectivity index (χ1n) is 11.5. The van der Waals surface area contributed by atoms with Crippen molar-refractivity contribution in [1.29, 1.82) is 0 Å². The number of anilines is 2. The number of carbonyl (C=O) groups excluding carboxylic acids is 4. The quantitative estimate of drug-likeness (QED) is 0.280. The molecule has 1 aliphatic heterocycles. The van der Waals surface area contributed by atoms with E-state index in [4.69, 9.17) is 16.3 Å². The van der Waals surface area contributed by atoms with E-state index in [2.05, 4.69) is 26.6 Å². The molecular weight excluding hydrogens is 574 g/mol. The van der Waals surface area contributed by atoms with E-state index in [1.165, 1.54) is 6.08 Å². The second-order valence-electron chi connectivity index (χ2n) is 8.67. The van der Waals surface area contributed by atoms with E-state index < -0.39 is 17.8 Å². The van der Waals surface area contributed by atoms with Crippen molar-refractivity contribution < 1.29 is 23.9 Å². The number of aryl methyl sites for hydroxylation is 2. The van der Waals surface area contributed by atoms with Crippen LogP contribution in [0.1, 0.15) is 22.3 Å². The minimum Gasteiger partial charge on any atom is -0.483 e. The third kappa shape index (κ3) is 5.79. The zero-order chi connectivity index (χ0) is 27.6. The van der Waals surface area contributed by atoms with E-state index in [0.717, 1.165) is 16.0 Å². The highest BCUT2D eigenvalue weighted by molar-refractivity contribution is 9.10. The molecular formula is C28H23BrClN3O5. The summed E-state index contributed by atoms with van der Waals surface area (Å²) in [5, 5.41) is 5.37. The van der Waals surface area contributed by atoms with Gasteiger partial charge in [-0.2, -0.15) is 0 Å². The lowest BCUT2D eigenvalue weighted by atomic mass is 10.1. The molecule has 1 saturated heterocycles. The van der Waals surface area contributed by atoms with E-state index in [1.807, 2.05) is 32.0 Å². The van der Waals surface area contributed by atoms with Crippen LogP contribution in [-0.2, 0) is 14.4 Å². The van der Waals surface area contributed by atoms with Gasteiger partial charge in [-0.3, -0.25) is 19.7 Å². The molecule has 0 bridgehead atoms. The second kappa shape index (κ2) is 11.2. The van der Waals surface area contributed by atoms with Gasteiger partial charge in [0.1, 0.15) is 11.3 Å². The number of ether oxygens (including phenoxy) is 1. The summed E-state index contributed by atoms with van der Waals surface area (Å²) in [6, 6.07) is 14.5.